The lowest BCUT2D eigenvalue weighted by molar-refractivity contribution is -0.384. The SMILES string of the molecule is COc1ccc([N+](=O)[O-])cc1CCS. The highest BCUT2D eigenvalue weighted by molar-refractivity contribution is 7.80. The Kier molecular flexibility index (Phi) is 3.76. The zero-order valence-electron chi connectivity index (χ0n) is 7.77. The minimum Gasteiger partial charge on any atom is -0.496 e. The highest BCUT2D eigenvalue weighted by Gasteiger charge is 2.10. The number of ether oxygens (including phenoxy) is 1. The van der Waals surface area contributed by atoms with Gasteiger partial charge in [0.05, 0.1) is 12.0 Å². The molecule has 0 saturated heterocycles. The van der Waals surface area contributed by atoms with Gasteiger partial charge in [0.25, 0.3) is 5.69 Å². The lowest BCUT2D eigenvalue weighted by Crippen LogP contribution is -1.96. The minimum absolute atomic E-state index is 0.0857. The Hall–Kier alpha value is -1.23. The Morgan fingerprint density at radius 3 is 2.79 bits per heavy atom. The van der Waals surface area contributed by atoms with Crippen LogP contribution in [0.5, 0.6) is 5.75 Å². The summed E-state index contributed by atoms with van der Waals surface area (Å²) < 4.78 is 5.08. The lowest BCUT2D eigenvalue weighted by atomic mass is 10.1. The average molecular weight is 213 g/mol. The van der Waals surface area contributed by atoms with Crippen molar-refractivity contribution in [2.24, 2.45) is 0 Å². The molecule has 0 amide bonds. The van der Waals surface area contributed by atoms with Gasteiger partial charge in [-0.05, 0) is 18.2 Å². The third-order valence-electron chi connectivity index (χ3n) is 1.86. The Balaban J connectivity index is 3.07. The highest BCUT2D eigenvalue weighted by atomic mass is 32.1. The predicted molar refractivity (Wildman–Crippen MR) is 57.2 cm³/mol. The van der Waals surface area contributed by atoms with Gasteiger partial charge in [0.1, 0.15) is 5.75 Å². The summed E-state index contributed by atoms with van der Waals surface area (Å²) in [7, 11) is 1.54. The van der Waals surface area contributed by atoms with Crippen LogP contribution in [-0.4, -0.2) is 17.8 Å². The van der Waals surface area contributed by atoms with Gasteiger partial charge in [-0.15, -0.1) is 0 Å². The standard InChI is InChI=1S/C9H11NO3S/c1-13-9-3-2-8(10(11)12)6-7(9)4-5-14/h2-3,6,14H,4-5H2,1H3. The summed E-state index contributed by atoms with van der Waals surface area (Å²) in [6.45, 7) is 0. The number of thiol groups is 1. The maximum atomic E-state index is 10.5. The Bertz CT molecular complexity index is 341. The molecule has 14 heavy (non-hydrogen) atoms. The number of nitro groups is 1. The topological polar surface area (TPSA) is 52.4 Å². The molecule has 4 nitrogen and oxygen atoms in total. The van der Waals surface area contributed by atoms with Gasteiger partial charge in [0, 0.05) is 17.7 Å². The van der Waals surface area contributed by atoms with Gasteiger partial charge in [-0.1, -0.05) is 0 Å². The fourth-order valence-electron chi connectivity index (χ4n) is 1.19. The number of nitro benzene ring substituents is 1. The first-order valence-corrected chi connectivity index (χ1v) is 4.74. The first-order chi connectivity index (χ1) is 6.69. The Labute approximate surface area is 87.4 Å². The van der Waals surface area contributed by atoms with Crippen LogP contribution >= 0.6 is 12.6 Å². The van der Waals surface area contributed by atoms with Crippen molar-refractivity contribution in [2.75, 3.05) is 12.9 Å². The van der Waals surface area contributed by atoms with Crippen LogP contribution in [0.4, 0.5) is 5.69 Å². The van der Waals surface area contributed by atoms with Crippen LogP contribution in [-0.2, 0) is 6.42 Å². The van der Waals surface area contributed by atoms with Gasteiger partial charge in [-0.2, -0.15) is 12.6 Å². The monoisotopic (exact) mass is 213 g/mol. The summed E-state index contributed by atoms with van der Waals surface area (Å²) in [5, 5.41) is 10.5. The lowest BCUT2D eigenvalue weighted by Gasteiger charge is -2.06. The largest absolute Gasteiger partial charge is 0.496 e. The van der Waals surface area contributed by atoms with Crippen molar-refractivity contribution in [1.29, 1.82) is 0 Å². The van der Waals surface area contributed by atoms with Gasteiger partial charge in [-0.25, -0.2) is 0 Å². The molecule has 0 unspecified atom stereocenters. The smallest absolute Gasteiger partial charge is 0.269 e. The van der Waals surface area contributed by atoms with E-state index < -0.39 is 4.92 Å². The fourth-order valence-corrected chi connectivity index (χ4v) is 1.44. The van der Waals surface area contributed by atoms with Crippen LogP contribution in [0.15, 0.2) is 18.2 Å². The molecular formula is C9H11NO3S. The molecule has 1 rings (SSSR count). The predicted octanol–water partition coefficient (Wildman–Crippen LogP) is 2.08. The quantitative estimate of drug-likeness (QED) is 0.473. The molecule has 1 aromatic rings. The van der Waals surface area contributed by atoms with E-state index >= 15 is 0 Å². The molecular weight excluding hydrogens is 202 g/mol. The summed E-state index contributed by atoms with van der Waals surface area (Å²) >= 11 is 4.08. The summed E-state index contributed by atoms with van der Waals surface area (Å²) in [4.78, 5) is 10.1. The molecule has 0 radical (unpaired) electrons. The van der Waals surface area contributed by atoms with Gasteiger partial charge in [-0.3, -0.25) is 10.1 Å². The first kappa shape index (κ1) is 10.8. The maximum absolute atomic E-state index is 10.5. The third kappa shape index (κ3) is 2.38. The molecule has 0 aliphatic heterocycles. The minimum atomic E-state index is -0.415. The number of nitrogens with zero attached hydrogens (tertiary/aromatic N) is 1. The second kappa shape index (κ2) is 4.85. The molecule has 0 aliphatic carbocycles. The van der Waals surface area contributed by atoms with Crippen LogP contribution in [0.2, 0.25) is 0 Å². The van der Waals surface area contributed by atoms with Crippen molar-refractivity contribution in [3.8, 4) is 5.75 Å². The molecule has 5 heteroatoms. The normalized spacial score (nSPS) is 9.86. The fraction of sp³-hybridized carbons (Fsp3) is 0.333. The molecule has 0 heterocycles. The summed E-state index contributed by atoms with van der Waals surface area (Å²) in [5.41, 5.74) is 0.902. The third-order valence-corrected chi connectivity index (χ3v) is 2.08. The second-order valence-electron chi connectivity index (χ2n) is 2.73. The molecule has 0 aromatic heterocycles. The number of hydrogen-bond donors (Lipinski definition) is 1. The van der Waals surface area contributed by atoms with Crippen molar-refractivity contribution in [3.63, 3.8) is 0 Å². The van der Waals surface area contributed by atoms with Crippen LogP contribution in [0.25, 0.3) is 0 Å². The van der Waals surface area contributed by atoms with E-state index in [-0.39, 0.29) is 5.69 Å². The van der Waals surface area contributed by atoms with Gasteiger partial charge in [0.2, 0.25) is 0 Å². The van der Waals surface area contributed by atoms with E-state index in [0.717, 1.165) is 5.56 Å². The number of methoxy groups -OCH3 is 1. The zero-order chi connectivity index (χ0) is 10.6. The van der Waals surface area contributed by atoms with Crippen LogP contribution in [0.1, 0.15) is 5.56 Å². The first-order valence-electron chi connectivity index (χ1n) is 4.11. The Morgan fingerprint density at radius 2 is 2.29 bits per heavy atom. The van der Waals surface area contributed by atoms with E-state index in [1.807, 2.05) is 0 Å². The molecule has 0 aliphatic rings. The number of aryl methyl sites for hydroxylation is 1. The van der Waals surface area contributed by atoms with Crippen molar-refractivity contribution in [1.82, 2.24) is 0 Å². The van der Waals surface area contributed by atoms with E-state index in [4.69, 9.17) is 4.74 Å². The number of rotatable bonds is 4. The van der Waals surface area contributed by atoms with Gasteiger partial charge >= 0.3 is 0 Å². The van der Waals surface area contributed by atoms with Crippen LogP contribution in [0, 0.1) is 10.1 Å². The molecule has 1 aromatic carbocycles. The Morgan fingerprint density at radius 1 is 1.57 bits per heavy atom. The number of hydrogen-bond acceptors (Lipinski definition) is 4. The summed E-state index contributed by atoms with van der Waals surface area (Å²) in [6.07, 6.45) is 0.661. The van der Waals surface area contributed by atoms with Crippen molar-refractivity contribution < 1.29 is 9.66 Å². The van der Waals surface area contributed by atoms with Crippen LogP contribution in [0.3, 0.4) is 0 Å². The van der Waals surface area contributed by atoms with Crippen molar-refractivity contribution in [2.45, 2.75) is 6.42 Å². The maximum Gasteiger partial charge on any atom is 0.269 e. The number of non-ortho nitro benzene ring substituents is 1. The van der Waals surface area contributed by atoms with Crippen molar-refractivity contribution >= 4 is 18.3 Å². The zero-order valence-corrected chi connectivity index (χ0v) is 8.66. The molecule has 0 bridgehead atoms. The summed E-state index contributed by atoms with van der Waals surface area (Å²) in [6, 6.07) is 4.56. The molecule has 76 valence electrons. The van der Waals surface area contributed by atoms with E-state index in [1.54, 1.807) is 13.2 Å². The molecule has 0 N–H and O–H groups in total. The average Bonchev–Trinajstić information content (AvgIpc) is 2.18. The molecule has 0 spiro atoms. The van der Waals surface area contributed by atoms with Crippen LogP contribution < -0.4 is 4.74 Å². The van der Waals surface area contributed by atoms with E-state index in [2.05, 4.69) is 12.6 Å². The highest BCUT2D eigenvalue weighted by Crippen LogP contribution is 2.24. The van der Waals surface area contributed by atoms with E-state index in [1.165, 1.54) is 12.1 Å². The summed E-state index contributed by atoms with van der Waals surface area (Å²) in [5.74, 6) is 1.31. The van der Waals surface area contributed by atoms with Gasteiger partial charge < -0.3 is 4.74 Å². The van der Waals surface area contributed by atoms with Crippen molar-refractivity contribution in [3.05, 3.63) is 33.9 Å². The molecule has 0 saturated carbocycles. The molecule has 0 atom stereocenters. The van der Waals surface area contributed by atoms with E-state index in [9.17, 15) is 10.1 Å². The second-order valence-corrected chi connectivity index (χ2v) is 3.17. The van der Waals surface area contributed by atoms with Gasteiger partial charge in [0.15, 0.2) is 0 Å². The molecule has 0 fully saturated rings. The number of benzene rings is 1. The van der Waals surface area contributed by atoms with E-state index in [0.29, 0.717) is 17.9 Å².